The monoisotopic (exact) mass is 212 g/mol. The van der Waals surface area contributed by atoms with Crippen molar-refractivity contribution in [1.82, 2.24) is 10.2 Å². The van der Waals surface area contributed by atoms with Crippen LogP contribution in [-0.4, -0.2) is 37.6 Å². The minimum Gasteiger partial charge on any atom is -0.314 e. The van der Waals surface area contributed by atoms with Gasteiger partial charge in [0.2, 0.25) is 0 Å². The molecule has 1 heterocycles. The Bertz CT molecular complexity index is 160. The first kappa shape index (κ1) is 13.0. The third-order valence-electron chi connectivity index (χ3n) is 3.42. The first-order chi connectivity index (χ1) is 7.08. The van der Waals surface area contributed by atoms with Crippen LogP contribution in [0.4, 0.5) is 0 Å². The molecule has 1 atom stereocenters. The Morgan fingerprint density at radius 2 is 1.80 bits per heavy atom. The highest BCUT2D eigenvalue weighted by Crippen LogP contribution is 2.15. The highest BCUT2D eigenvalue weighted by molar-refractivity contribution is 4.73. The summed E-state index contributed by atoms with van der Waals surface area (Å²) in [7, 11) is 2.23. The summed E-state index contributed by atoms with van der Waals surface area (Å²) in [6.45, 7) is 10.7. The summed E-state index contributed by atoms with van der Waals surface area (Å²) in [5, 5.41) is 3.68. The summed E-state index contributed by atoms with van der Waals surface area (Å²) >= 11 is 0. The van der Waals surface area contributed by atoms with Crippen molar-refractivity contribution >= 4 is 0 Å². The first-order valence-corrected chi connectivity index (χ1v) is 6.50. The molecule has 1 N–H and O–H groups in total. The zero-order valence-corrected chi connectivity index (χ0v) is 10.9. The van der Waals surface area contributed by atoms with E-state index in [2.05, 4.69) is 38.0 Å². The third kappa shape index (κ3) is 5.53. The van der Waals surface area contributed by atoms with Crippen LogP contribution in [0.2, 0.25) is 0 Å². The molecular formula is C13H28N2. The van der Waals surface area contributed by atoms with Crippen molar-refractivity contribution in [1.29, 1.82) is 0 Å². The predicted octanol–water partition coefficient (Wildman–Crippen LogP) is 2.35. The molecule has 1 unspecified atom stereocenters. The minimum atomic E-state index is 0.685. The van der Waals surface area contributed by atoms with Crippen LogP contribution in [0, 0.1) is 11.8 Å². The second-order valence-electron chi connectivity index (χ2n) is 5.69. The van der Waals surface area contributed by atoms with Gasteiger partial charge in [0, 0.05) is 6.04 Å². The smallest absolute Gasteiger partial charge is 0.00412 e. The van der Waals surface area contributed by atoms with E-state index in [1.165, 1.54) is 38.9 Å². The lowest BCUT2D eigenvalue weighted by Gasteiger charge is -2.30. The van der Waals surface area contributed by atoms with E-state index in [4.69, 9.17) is 0 Å². The number of nitrogens with one attached hydrogen (secondary N) is 1. The summed E-state index contributed by atoms with van der Waals surface area (Å²) in [6, 6.07) is 0.685. The molecule has 0 aromatic heterocycles. The summed E-state index contributed by atoms with van der Waals surface area (Å²) in [4.78, 5) is 2.44. The first-order valence-electron chi connectivity index (χ1n) is 6.50. The molecule has 0 spiro atoms. The summed E-state index contributed by atoms with van der Waals surface area (Å²) < 4.78 is 0. The largest absolute Gasteiger partial charge is 0.314 e. The topological polar surface area (TPSA) is 15.3 Å². The number of likely N-dealkylation sites (tertiary alicyclic amines) is 1. The van der Waals surface area contributed by atoms with Crippen molar-refractivity contribution < 1.29 is 0 Å². The molecular weight excluding hydrogens is 184 g/mol. The molecule has 2 heteroatoms. The van der Waals surface area contributed by atoms with Crippen molar-refractivity contribution in [2.45, 2.75) is 46.1 Å². The molecule has 0 bridgehead atoms. The Morgan fingerprint density at radius 1 is 1.20 bits per heavy atom. The average molecular weight is 212 g/mol. The lowest BCUT2D eigenvalue weighted by atomic mass is 9.96. The van der Waals surface area contributed by atoms with Crippen LogP contribution in [0.25, 0.3) is 0 Å². The van der Waals surface area contributed by atoms with Gasteiger partial charge in [0.1, 0.15) is 0 Å². The predicted molar refractivity (Wildman–Crippen MR) is 67.1 cm³/mol. The Morgan fingerprint density at radius 3 is 2.33 bits per heavy atom. The van der Waals surface area contributed by atoms with Gasteiger partial charge in [-0.15, -0.1) is 0 Å². The molecule has 1 fully saturated rings. The van der Waals surface area contributed by atoms with Crippen LogP contribution < -0.4 is 5.32 Å². The summed E-state index contributed by atoms with van der Waals surface area (Å²) in [5.74, 6) is 1.72. The van der Waals surface area contributed by atoms with Crippen LogP contribution in [0.1, 0.15) is 40.0 Å². The van der Waals surface area contributed by atoms with E-state index in [1.54, 1.807) is 0 Å². The van der Waals surface area contributed by atoms with Gasteiger partial charge >= 0.3 is 0 Å². The molecule has 0 aliphatic carbocycles. The molecule has 2 nitrogen and oxygen atoms in total. The number of rotatable bonds is 5. The molecule has 0 amide bonds. The maximum absolute atomic E-state index is 3.68. The van der Waals surface area contributed by atoms with E-state index < -0.39 is 0 Å². The van der Waals surface area contributed by atoms with Gasteiger partial charge < -0.3 is 10.2 Å². The Balaban J connectivity index is 2.09. The second kappa shape index (κ2) is 6.49. The summed E-state index contributed by atoms with van der Waals surface area (Å²) in [5.41, 5.74) is 0. The van der Waals surface area contributed by atoms with Crippen LogP contribution in [0.3, 0.4) is 0 Å². The summed E-state index contributed by atoms with van der Waals surface area (Å²) in [6.07, 6.45) is 4.04. The fourth-order valence-electron chi connectivity index (χ4n) is 2.42. The fraction of sp³-hybridized carbons (Fsp3) is 1.00. The Hall–Kier alpha value is -0.0800. The standard InChI is InChI=1S/C13H28N2/c1-11(2)9-12(3)14-10-13-5-7-15(4)8-6-13/h11-14H,5-10H2,1-4H3. The van der Waals surface area contributed by atoms with Crippen molar-refractivity contribution in [2.75, 3.05) is 26.7 Å². The van der Waals surface area contributed by atoms with Crippen molar-refractivity contribution in [3.05, 3.63) is 0 Å². The molecule has 1 saturated heterocycles. The van der Waals surface area contributed by atoms with Crippen LogP contribution >= 0.6 is 0 Å². The number of nitrogens with zero attached hydrogens (tertiary/aromatic N) is 1. The van der Waals surface area contributed by atoms with Crippen molar-refractivity contribution in [3.63, 3.8) is 0 Å². The molecule has 90 valence electrons. The Labute approximate surface area is 95.4 Å². The number of hydrogen-bond acceptors (Lipinski definition) is 2. The van der Waals surface area contributed by atoms with E-state index in [1.807, 2.05) is 0 Å². The Kier molecular flexibility index (Phi) is 5.62. The van der Waals surface area contributed by atoms with E-state index in [0.717, 1.165) is 11.8 Å². The maximum atomic E-state index is 3.68. The van der Waals surface area contributed by atoms with Gasteiger partial charge in [-0.3, -0.25) is 0 Å². The van der Waals surface area contributed by atoms with Gasteiger partial charge in [-0.1, -0.05) is 13.8 Å². The molecule has 1 aliphatic rings. The molecule has 0 radical (unpaired) electrons. The SMILES string of the molecule is CC(C)CC(C)NCC1CCN(C)CC1. The lowest BCUT2D eigenvalue weighted by molar-refractivity contribution is 0.211. The van der Waals surface area contributed by atoms with Gasteiger partial charge in [-0.2, -0.15) is 0 Å². The van der Waals surface area contributed by atoms with Crippen LogP contribution in [0.15, 0.2) is 0 Å². The maximum Gasteiger partial charge on any atom is 0.00412 e. The number of hydrogen-bond donors (Lipinski definition) is 1. The molecule has 0 saturated carbocycles. The molecule has 1 rings (SSSR count). The average Bonchev–Trinajstić information content (AvgIpc) is 2.16. The normalized spacial score (nSPS) is 22.2. The van der Waals surface area contributed by atoms with Gasteiger partial charge in [-0.05, 0) is 64.7 Å². The van der Waals surface area contributed by atoms with Gasteiger partial charge in [0.05, 0.1) is 0 Å². The zero-order valence-electron chi connectivity index (χ0n) is 10.9. The molecule has 15 heavy (non-hydrogen) atoms. The van der Waals surface area contributed by atoms with Crippen LogP contribution in [-0.2, 0) is 0 Å². The van der Waals surface area contributed by atoms with E-state index in [9.17, 15) is 0 Å². The van der Waals surface area contributed by atoms with Gasteiger partial charge in [0.15, 0.2) is 0 Å². The zero-order chi connectivity index (χ0) is 11.3. The van der Waals surface area contributed by atoms with Crippen LogP contribution in [0.5, 0.6) is 0 Å². The van der Waals surface area contributed by atoms with E-state index >= 15 is 0 Å². The van der Waals surface area contributed by atoms with Gasteiger partial charge in [0.25, 0.3) is 0 Å². The minimum absolute atomic E-state index is 0.685. The number of piperidine rings is 1. The lowest BCUT2D eigenvalue weighted by Crippen LogP contribution is -2.38. The quantitative estimate of drug-likeness (QED) is 0.752. The molecule has 0 aromatic carbocycles. The molecule has 0 aromatic rings. The van der Waals surface area contributed by atoms with E-state index in [0.29, 0.717) is 6.04 Å². The molecule has 1 aliphatic heterocycles. The highest BCUT2D eigenvalue weighted by Gasteiger charge is 2.16. The van der Waals surface area contributed by atoms with E-state index in [-0.39, 0.29) is 0 Å². The van der Waals surface area contributed by atoms with Gasteiger partial charge in [-0.25, -0.2) is 0 Å². The third-order valence-corrected chi connectivity index (χ3v) is 3.42. The highest BCUT2D eigenvalue weighted by atomic mass is 15.1. The van der Waals surface area contributed by atoms with Crippen molar-refractivity contribution in [3.8, 4) is 0 Å². The second-order valence-corrected chi connectivity index (χ2v) is 5.69. The van der Waals surface area contributed by atoms with Crippen molar-refractivity contribution in [2.24, 2.45) is 11.8 Å². The fourth-order valence-corrected chi connectivity index (χ4v) is 2.42.